The van der Waals surface area contributed by atoms with E-state index < -0.39 is 5.60 Å². The van der Waals surface area contributed by atoms with Crippen molar-refractivity contribution in [1.82, 2.24) is 14.7 Å². The summed E-state index contributed by atoms with van der Waals surface area (Å²) in [5, 5.41) is 0. The summed E-state index contributed by atoms with van der Waals surface area (Å²) < 4.78 is 16.6. The normalized spacial score (nSPS) is 23.0. The van der Waals surface area contributed by atoms with Crippen molar-refractivity contribution in [3.63, 3.8) is 0 Å². The molecule has 2 atom stereocenters. The quantitative estimate of drug-likeness (QED) is 0.307. The molecule has 1 aromatic rings. The van der Waals surface area contributed by atoms with Gasteiger partial charge in [-0.05, 0) is 110 Å². The standard InChI is InChI=1S/C22H32N2O4.C15H27NO2/c1-22(2,3)28-21(26)24-13-7-10-19(24)18-11-14-23(15-12-18)20(25)27-16-17-8-5-4-6-9-17;1-15(2,3)18-14(17)16-11-7-10-13(16)12-8-5-4-6-9-12/h4-6,8-9,18-19H,7,10-16H2,1-3H3;12-13H,4-11H2,1-3H3. The second kappa shape index (κ2) is 16.2. The van der Waals surface area contributed by atoms with Gasteiger partial charge in [-0.2, -0.15) is 0 Å². The zero-order valence-corrected chi connectivity index (χ0v) is 29.3. The fourth-order valence-corrected chi connectivity index (χ4v) is 7.46. The van der Waals surface area contributed by atoms with Crippen LogP contribution >= 0.6 is 0 Å². The third kappa shape index (κ3) is 10.8. The predicted octanol–water partition coefficient (Wildman–Crippen LogP) is 8.40. The van der Waals surface area contributed by atoms with Crippen LogP contribution in [-0.4, -0.2) is 82.4 Å². The maximum atomic E-state index is 12.5. The van der Waals surface area contributed by atoms with Crippen LogP contribution < -0.4 is 0 Å². The van der Waals surface area contributed by atoms with Crippen LogP contribution in [0.2, 0.25) is 0 Å². The Balaban J connectivity index is 0.000000230. The Morgan fingerprint density at radius 3 is 1.57 bits per heavy atom. The number of nitrogens with zero attached hydrogens (tertiary/aromatic N) is 3. The molecule has 1 aromatic carbocycles. The Labute approximate surface area is 277 Å². The lowest BCUT2D eigenvalue weighted by molar-refractivity contribution is 0.0124. The highest BCUT2D eigenvalue weighted by Crippen LogP contribution is 2.35. The lowest BCUT2D eigenvalue weighted by Crippen LogP contribution is -2.47. The van der Waals surface area contributed by atoms with Crippen LogP contribution in [0, 0.1) is 11.8 Å². The Morgan fingerprint density at radius 2 is 1.09 bits per heavy atom. The molecule has 9 nitrogen and oxygen atoms in total. The second-order valence-electron chi connectivity index (χ2n) is 15.5. The van der Waals surface area contributed by atoms with E-state index in [1.165, 1.54) is 38.5 Å². The fourth-order valence-electron chi connectivity index (χ4n) is 7.46. The molecule has 3 saturated heterocycles. The minimum Gasteiger partial charge on any atom is -0.445 e. The van der Waals surface area contributed by atoms with Gasteiger partial charge in [0.05, 0.1) is 0 Å². The lowest BCUT2D eigenvalue weighted by atomic mass is 9.83. The number of hydrogen-bond acceptors (Lipinski definition) is 6. The summed E-state index contributed by atoms with van der Waals surface area (Å²) in [4.78, 5) is 42.8. The molecular weight excluding hydrogens is 582 g/mol. The first-order valence-corrected chi connectivity index (χ1v) is 17.8. The maximum Gasteiger partial charge on any atom is 0.410 e. The molecule has 46 heavy (non-hydrogen) atoms. The van der Waals surface area contributed by atoms with Crippen molar-refractivity contribution < 1.29 is 28.6 Å². The minimum atomic E-state index is -0.476. The molecule has 0 N–H and O–H groups in total. The fraction of sp³-hybridized carbons (Fsp3) is 0.757. The first kappa shape index (κ1) is 35.9. The van der Waals surface area contributed by atoms with Gasteiger partial charge in [0.2, 0.25) is 0 Å². The van der Waals surface area contributed by atoms with Crippen LogP contribution in [0.3, 0.4) is 0 Å². The zero-order chi connectivity index (χ0) is 33.3. The zero-order valence-electron chi connectivity index (χ0n) is 29.3. The molecular formula is C37H59N3O6. The molecule has 0 bridgehead atoms. The number of likely N-dealkylation sites (tertiary alicyclic amines) is 3. The van der Waals surface area contributed by atoms with Gasteiger partial charge < -0.3 is 28.9 Å². The van der Waals surface area contributed by atoms with Gasteiger partial charge in [-0.25, -0.2) is 14.4 Å². The molecule has 5 rings (SSSR count). The number of carbonyl (C=O) groups is 3. The smallest absolute Gasteiger partial charge is 0.410 e. The number of benzene rings is 1. The molecule has 1 saturated carbocycles. The van der Waals surface area contributed by atoms with Gasteiger partial charge in [-0.1, -0.05) is 49.6 Å². The first-order valence-electron chi connectivity index (χ1n) is 17.8. The van der Waals surface area contributed by atoms with Gasteiger partial charge in [0.15, 0.2) is 0 Å². The van der Waals surface area contributed by atoms with Gasteiger partial charge >= 0.3 is 18.3 Å². The highest BCUT2D eigenvalue weighted by Gasteiger charge is 2.39. The number of piperidine rings is 1. The van der Waals surface area contributed by atoms with Crippen molar-refractivity contribution in [3.05, 3.63) is 35.9 Å². The summed E-state index contributed by atoms with van der Waals surface area (Å²) in [6, 6.07) is 10.4. The number of ether oxygens (including phenoxy) is 3. The number of amides is 3. The summed E-state index contributed by atoms with van der Waals surface area (Å²) in [6.45, 7) is 14.8. The minimum absolute atomic E-state index is 0.101. The van der Waals surface area contributed by atoms with E-state index in [2.05, 4.69) is 0 Å². The molecule has 9 heteroatoms. The molecule has 3 amide bonds. The van der Waals surface area contributed by atoms with E-state index in [4.69, 9.17) is 14.2 Å². The monoisotopic (exact) mass is 641 g/mol. The SMILES string of the molecule is CC(C)(C)OC(=O)N1CCCC1C1CCCCC1.CC(C)(C)OC(=O)N1CCCC1C1CCN(C(=O)OCc2ccccc2)CC1. The average Bonchev–Trinajstić information content (AvgIpc) is 3.71. The van der Waals surface area contributed by atoms with E-state index in [0.29, 0.717) is 37.6 Å². The van der Waals surface area contributed by atoms with Gasteiger partial charge in [0.25, 0.3) is 0 Å². The molecule has 258 valence electrons. The third-order valence-corrected chi connectivity index (χ3v) is 9.60. The average molecular weight is 642 g/mol. The van der Waals surface area contributed by atoms with E-state index in [0.717, 1.165) is 50.8 Å². The Kier molecular flexibility index (Phi) is 12.7. The predicted molar refractivity (Wildman–Crippen MR) is 179 cm³/mol. The van der Waals surface area contributed by atoms with Crippen molar-refractivity contribution in [3.8, 4) is 0 Å². The van der Waals surface area contributed by atoms with Crippen molar-refractivity contribution in [1.29, 1.82) is 0 Å². The van der Waals surface area contributed by atoms with Crippen LogP contribution in [0.4, 0.5) is 14.4 Å². The maximum absolute atomic E-state index is 12.5. The van der Waals surface area contributed by atoms with E-state index >= 15 is 0 Å². The molecule has 0 radical (unpaired) electrons. The van der Waals surface area contributed by atoms with Gasteiger partial charge in [0.1, 0.15) is 17.8 Å². The Morgan fingerprint density at radius 1 is 0.609 bits per heavy atom. The Bertz CT molecular complexity index is 1120. The number of rotatable bonds is 4. The van der Waals surface area contributed by atoms with Crippen molar-refractivity contribution in [2.45, 2.75) is 142 Å². The van der Waals surface area contributed by atoms with Gasteiger partial charge in [0, 0.05) is 38.3 Å². The summed E-state index contributed by atoms with van der Waals surface area (Å²) in [5.74, 6) is 1.13. The number of hydrogen-bond donors (Lipinski definition) is 0. The Hall–Kier alpha value is -2.97. The molecule has 4 fully saturated rings. The van der Waals surface area contributed by atoms with Crippen molar-refractivity contribution in [2.24, 2.45) is 11.8 Å². The van der Waals surface area contributed by atoms with Crippen LogP contribution in [0.1, 0.15) is 118 Å². The van der Waals surface area contributed by atoms with Crippen molar-refractivity contribution in [2.75, 3.05) is 26.2 Å². The highest BCUT2D eigenvalue weighted by molar-refractivity contribution is 5.69. The molecule has 0 spiro atoms. The molecule has 3 heterocycles. The first-order chi connectivity index (χ1) is 21.8. The molecule has 0 aromatic heterocycles. The topological polar surface area (TPSA) is 88.6 Å². The van der Waals surface area contributed by atoms with Crippen LogP contribution in [-0.2, 0) is 20.8 Å². The molecule has 4 aliphatic rings. The highest BCUT2D eigenvalue weighted by atomic mass is 16.6. The molecule has 3 aliphatic heterocycles. The molecule has 2 unspecified atom stereocenters. The van der Waals surface area contributed by atoms with E-state index in [-0.39, 0.29) is 29.9 Å². The third-order valence-electron chi connectivity index (χ3n) is 9.60. The van der Waals surface area contributed by atoms with E-state index in [9.17, 15) is 14.4 Å². The van der Waals surface area contributed by atoms with Crippen LogP contribution in [0.25, 0.3) is 0 Å². The summed E-state index contributed by atoms with van der Waals surface area (Å²) in [7, 11) is 0. The van der Waals surface area contributed by atoms with Gasteiger partial charge in [-0.15, -0.1) is 0 Å². The summed E-state index contributed by atoms with van der Waals surface area (Å²) in [6.07, 6.45) is 12.2. The molecule has 1 aliphatic carbocycles. The van der Waals surface area contributed by atoms with Crippen LogP contribution in [0.15, 0.2) is 30.3 Å². The van der Waals surface area contributed by atoms with Crippen molar-refractivity contribution >= 4 is 18.3 Å². The van der Waals surface area contributed by atoms with Gasteiger partial charge in [-0.3, -0.25) is 0 Å². The van der Waals surface area contributed by atoms with E-state index in [1.807, 2.05) is 81.7 Å². The van der Waals surface area contributed by atoms with Crippen LogP contribution in [0.5, 0.6) is 0 Å². The summed E-state index contributed by atoms with van der Waals surface area (Å²) >= 11 is 0. The lowest BCUT2D eigenvalue weighted by Gasteiger charge is -2.38. The summed E-state index contributed by atoms with van der Waals surface area (Å²) in [5.41, 5.74) is 0.136. The second-order valence-corrected chi connectivity index (χ2v) is 15.5. The largest absolute Gasteiger partial charge is 0.445 e. The number of carbonyl (C=O) groups excluding carboxylic acids is 3. The van der Waals surface area contributed by atoms with E-state index in [1.54, 1.807) is 4.90 Å².